The number of nitrogens with two attached hydrogens (primary N) is 1. The first kappa shape index (κ1) is 14.3. The number of benzene rings is 1. The summed E-state index contributed by atoms with van der Waals surface area (Å²) in [5, 5.41) is 2.91. The Kier molecular flexibility index (Phi) is 4.82. The Morgan fingerprint density at radius 3 is 2.84 bits per heavy atom. The van der Waals surface area contributed by atoms with Crippen LogP contribution >= 0.6 is 15.9 Å². The molecule has 0 spiro atoms. The van der Waals surface area contributed by atoms with E-state index < -0.39 is 6.04 Å². The number of nitrogens with one attached hydrogen (secondary N) is 1. The van der Waals surface area contributed by atoms with E-state index in [1.807, 2.05) is 0 Å². The summed E-state index contributed by atoms with van der Waals surface area (Å²) in [6.07, 6.45) is 1.11. The molecule has 104 valence electrons. The van der Waals surface area contributed by atoms with E-state index in [1.165, 1.54) is 5.69 Å². The number of hydrogen-bond donors (Lipinski definition) is 2. The average Bonchev–Trinajstić information content (AvgIpc) is 2.85. The van der Waals surface area contributed by atoms with Crippen LogP contribution in [-0.2, 0) is 4.79 Å². The van der Waals surface area contributed by atoms with Crippen LogP contribution < -0.4 is 16.0 Å². The van der Waals surface area contributed by atoms with Gasteiger partial charge in [-0.15, -0.1) is 0 Å². The van der Waals surface area contributed by atoms with E-state index >= 15 is 0 Å². The minimum absolute atomic E-state index is 0.0675. The molecule has 1 saturated heterocycles. The van der Waals surface area contributed by atoms with Gasteiger partial charge >= 0.3 is 0 Å². The first-order chi connectivity index (χ1) is 9.06. The molecule has 5 heteroatoms. The average molecular weight is 326 g/mol. The molecular weight excluding hydrogens is 306 g/mol. The van der Waals surface area contributed by atoms with Crippen LogP contribution in [0.25, 0.3) is 0 Å². The van der Waals surface area contributed by atoms with Gasteiger partial charge in [0.05, 0.1) is 6.04 Å². The number of nitrogens with zero attached hydrogens (tertiary/aromatic N) is 1. The molecule has 1 amide bonds. The van der Waals surface area contributed by atoms with Gasteiger partial charge in [0.2, 0.25) is 5.91 Å². The van der Waals surface area contributed by atoms with Crippen molar-refractivity contribution < 1.29 is 4.79 Å². The number of anilines is 1. The lowest BCUT2D eigenvalue weighted by Gasteiger charge is -2.19. The van der Waals surface area contributed by atoms with Crippen molar-refractivity contribution in [2.45, 2.75) is 19.4 Å². The molecule has 2 rings (SSSR count). The Balaban J connectivity index is 1.83. The van der Waals surface area contributed by atoms with E-state index in [1.54, 1.807) is 6.92 Å². The maximum atomic E-state index is 11.4. The van der Waals surface area contributed by atoms with Gasteiger partial charge in [-0.3, -0.25) is 4.79 Å². The van der Waals surface area contributed by atoms with E-state index in [4.69, 9.17) is 5.73 Å². The fraction of sp³-hybridized carbons (Fsp3) is 0.500. The number of halogens is 1. The standard InChI is InChI=1S/C14H20BrN3O/c1-10(16)14(19)17-8-11-6-7-18(9-11)13-4-2-12(15)3-5-13/h2-5,10-11H,6-9,16H2,1H3,(H,17,19)/t10-,11?/m1/s1. The molecular formula is C14H20BrN3O. The van der Waals surface area contributed by atoms with Gasteiger partial charge in [0.15, 0.2) is 0 Å². The van der Waals surface area contributed by atoms with Crippen molar-refractivity contribution in [1.29, 1.82) is 0 Å². The third-order valence-corrected chi connectivity index (χ3v) is 3.98. The summed E-state index contributed by atoms with van der Waals surface area (Å²) in [5.41, 5.74) is 6.77. The number of amides is 1. The lowest BCUT2D eigenvalue weighted by molar-refractivity contribution is -0.122. The van der Waals surface area contributed by atoms with Crippen LogP contribution in [0.2, 0.25) is 0 Å². The Labute approximate surface area is 122 Å². The Bertz CT molecular complexity index is 433. The molecule has 0 aromatic heterocycles. The van der Waals surface area contributed by atoms with Crippen LogP contribution in [0, 0.1) is 5.92 Å². The highest BCUT2D eigenvalue weighted by Crippen LogP contribution is 2.24. The predicted octanol–water partition coefficient (Wildman–Crippen LogP) is 1.74. The van der Waals surface area contributed by atoms with Crippen molar-refractivity contribution in [3.8, 4) is 0 Å². The fourth-order valence-corrected chi connectivity index (χ4v) is 2.56. The molecule has 1 aliphatic rings. The summed E-state index contributed by atoms with van der Waals surface area (Å²) < 4.78 is 1.09. The van der Waals surface area contributed by atoms with E-state index in [0.29, 0.717) is 12.5 Å². The van der Waals surface area contributed by atoms with Crippen molar-refractivity contribution in [3.63, 3.8) is 0 Å². The van der Waals surface area contributed by atoms with E-state index in [0.717, 1.165) is 24.0 Å². The topological polar surface area (TPSA) is 58.4 Å². The molecule has 1 fully saturated rings. The highest BCUT2D eigenvalue weighted by Gasteiger charge is 2.23. The van der Waals surface area contributed by atoms with Crippen molar-refractivity contribution in [1.82, 2.24) is 5.32 Å². The zero-order valence-corrected chi connectivity index (χ0v) is 12.7. The Morgan fingerprint density at radius 1 is 1.53 bits per heavy atom. The molecule has 0 radical (unpaired) electrons. The highest BCUT2D eigenvalue weighted by atomic mass is 79.9. The summed E-state index contributed by atoms with van der Waals surface area (Å²) in [5.74, 6) is 0.438. The molecule has 19 heavy (non-hydrogen) atoms. The number of carbonyl (C=O) groups is 1. The maximum Gasteiger partial charge on any atom is 0.236 e. The van der Waals surface area contributed by atoms with Gasteiger partial charge in [-0.2, -0.15) is 0 Å². The lowest BCUT2D eigenvalue weighted by Crippen LogP contribution is -2.40. The van der Waals surface area contributed by atoms with E-state index in [9.17, 15) is 4.79 Å². The predicted molar refractivity (Wildman–Crippen MR) is 81.1 cm³/mol. The van der Waals surface area contributed by atoms with Gasteiger partial charge < -0.3 is 16.0 Å². The zero-order chi connectivity index (χ0) is 13.8. The molecule has 1 unspecified atom stereocenters. The largest absolute Gasteiger partial charge is 0.371 e. The molecule has 4 nitrogen and oxygen atoms in total. The van der Waals surface area contributed by atoms with Crippen molar-refractivity contribution in [3.05, 3.63) is 28.7 Å². The quantitative estimate of drug-likeness (QED) is 0.886. The summed E-state index contributed by atoms with van der Waals surface area (Å²) in [6, 6.07) is 7.92. The van der Waals surface area contributed by atoms with Crippen LogP contribution in [0.15, 0.2) is 28.7 Å². The highest BCUT2D eigenvalue weighted by molar-refractivity contribution is 9.10. The van der Waals surface area contributed by atoms with Crippen LogP contribution in [0.3, 0.4) is 0 Å². The van der Waals surface area contributed by atoms with Crippen molar-refractivity contribution >= 4 is 27.5 Å². The minimum Gasteiger partial charge on any atom is -0.371 e. The molecule has 1 aromatic rings. The van der Waals surface area contributed by atoms with Gasteiger partial charge in [-0.1, -0.05) is 15.9 Å². The second-order valence-corrected chi connectivity index (χ2v) is 6.03. The lowest BCUT2D eigenvalue weighted by atomic mass is 10.1. The summed E-state index contributed by atoms with van der Waals surface area (Å²) >= 11 is 3.44. The van der Waals surface area contributed by atoms with E-state index in [-0.39, 0.29) is 5.91 Å². The molecule has 0 aliphatic carbocycles. The molecule has 2 atom stereocenters. The second-order valence-electron chi connectivity index (χ2n) is 5.11. The fourth-order valence-electron chi connectivity index (χ4n) is 2.29. The smallest absolute Gasteiger partial charge is 0.236 e. The van der Waals surface area contributed by atoms with Crippen molar-refractivity contribution in [2.75, 3.05) is 24.5 Å². The summed E-state index contributed by atoms with van der Waals surface area (Å²) in [7, 11) is 0. The third kappa shape index (κ3) is 3.94. The number of hydrogen-bond acceptors (Lipinski definition) is 3. The van der Waals surface area contributed by atoms with Gasteiger partial charge in [-0.25, -0.2) is 0 Å². The van der Waals surface area contributed by atoms with Crippen LogP contribution in [0.4, 0.5) is 5.69 Å². The Hall–Kier alpha value is -1.07. The number of rotatable bonds is 4. The monoisotopic (exact) mass is 325 g/mol. The van der Waals surface area contributed by atoms with Gasteiger partial charge in [0.1, 0.15) is 0 Å². The normalized spacial score (nSPS) is 20.4. The first-order valence-corrected chi connectivity index (χ1v) is 7.39. The Morgan fingerprint density at radius 2 is 2.21 bits per heavy atom. The van der Waals surface area contributed by atoms with Crippen LogP contribution in [-0.4, -0.2) is 31.6 Å². The van der Waals surface area contributed by atoms with Crippen molar-refractivity contribution in [2.24, 2.45) is 11.7 Å². The molecule has 1 heterocycles. The molecule has 1 aliphatic heterocycles. The minimum atomic E-state index is -0.427. The SMILES string of the molecule is C[C@@H](N)C(=O)NCC1CCN(c2ccc(Br)cc2)C1. The molecule has 1 aromatic carbocycles. The third-order valence-electron chi connectivity index (χ3n) is 3.46. The second kappa shape index (κ2) is 6.39. The van der Waals surface area contributed by atoms with Gasteiger partial charge in [-0.05, 0) is 43.5 Å². The molecule has 3 N–H and O–H groups in total. The van der Waals surface area contributed by atoms with Crippen LogP contribution in [0.5, 0.6) is 0 Å². The van der Waals surface area contributed by atoms with Crippen LogP contribution in [0.1, 0.15) is 13.3 Å². The molecule has 0 bridgehead atoms. The first-order valence-electron chi connectivity index (χ1n) is 6.60. The summed E-state index contributed by atoms with van der Waals surface area (Å²) in [6.45, 7) is 4.45. The summed E-state index contributed by atoms with van der Waals surface area (Å²) in [4.78, 5) is 13.8. The zero-order valence-electron chi connectivity index (χ0n) is 11.1. The van der Waals surface area contributed by atoms with Gasteiger partial charge in [0.25, 0.3) is 0 Å². The maximum absolute atomic E-state index is 11.4. The van der Waals surface area contributed by atoms with E-state index in [2.05, 4.69) is 50.4 Å². The van der Waals surface area contributed by atoms with Gasteiger partial charge in [0, 0.05) is 29.8 Å². The number of carbonyl (C=O) groups excluding carboxylic acids is 1. The molecule has 0 saturated carbocycles.